The Kier molecular flexibility index (Phi) is 5.59. The lowest BCUT2D eigenvalue weighted by Gasteiger charge is -2.01. The highest BCUT2D eigenvalue weighted by Gasteiger charge is 2.13. The number of amides is 1. The second kappa shape index (κ2) is 7.27. The van der Waals surface area contributed by atoms with E-state index in [1.165, 1.54) is 11.8 Å². The molecule has 0 radical (unpaired) electrons. The van der Waals surface area contributed by atoms with E-state index in [2.05, 4.69) is 25.4 Å². The maximum atomic E-state index is 11.8. The van der Waals surface area contributed by atoms with Crippen LogP contribution in [0, 0.1) is 13.8 Å². The third-order valence-corrected chi connectivity index (χ3v) is 5.01. The summed E-state index contributed by atoms with van der Waals surface area (Å²) in [6.45, 7) is 3.68. The molecular formula is C11H15N5O4S3. The average Bonchev–Trinajstić information content (AvgIpc) is 2.97. The summed E-state index contributed by atoms with van der Waals surface area (Å²) in [5.74, 6) is 1.34. The van der Waals surface area contributed by atoms with Crippen LogP contribution in [0.2, 0.25) is 0 Å². The first kappa shape index (κ1) is 17.7. The minimum atomic E-state index is -3.41. The monoisotopic (exact) mass is 377 g/mol. The number of carbonyl (C=O) groups is 1. The van der Waals surface area contributed by atoms with E-state index in [4.69, 9.17) is 4.52 Å². The second-order valence-electron chi connectivity index (χ2n) is 4.63. The van der Waals surface area contributed by atoms with Crippen molar-refractivity contribution in [2.45, 2.75) is 19.6 Å². The van der Waals surface area contributed by atoms with Crippen molar-refractivity contribution >= 4 is 49.3 Å². The van der Waals surface area contributed by atoms with Crippen molar-refractivity contribution in [1.82, 2.24) is 15.4 Å². The van der Waals surface area contributed by atoms with Gasteiger partial charge in [-0.3, -0.25) is 14.8 Å². The van der Waals surface area contributed by atoms with Gasteiger partial charge >= 0.3 is 0 Å². The topological polar surface area (TPSA) is 127 Å². The van der Waals surface area contributed by atoms with Gasteiger partial charge in [0.2, 0.25) is 26.2 Å². The Morgan fingerprint density at radius 3 is 2.61 bits per heavy atom. The predicted molar refractivity (Wildman–Crippen MR) is 89.1 cm³/mol. The molecule has 9 nitrogen and oxygen atoms in total. The zero-order valence-electron chi connectivity index (χ0n) is 12.6. The van der Waals surface area contributed by atoms with Gasteiger partial charge in [0.15, 0.2) is 0 Å². The van der Waals surface area contributed by atoms with Crippen molar-refractivity contribution in [2.24, 2.45) is 0 Å². The van der Waals surface area contributed by atoms with Crippen LogP contribution in [0.1, 0.15) is 17.0 Å². The average molecular weight is 377 g/mol. The van der Waals surface area contributed by atoms with E-state index in [0.29, 0.717) is 5.75 Å². The van der Waals surface area contributed by atoms with Crippen LogP contribution >= 0.6 is 23.1 Å². The maximum Gasteiger partial charge on any atom is 0.236 e. The lowest BCUT2D eigenvalue weighted by molar-refractivity contribution is -0.113. The van der Waals surface area contributed by atoms with E-state index in [0.717, 1.165) is 34.6 Å². The summed E-state index contributed by atoms with van der Waals surface area (Å²) in [7, 11) is -3.41. The van der Waals surface area contributed by atoms with E-state index in [1.54, 1.807) is 0 Å². The molecule has 1 amide bonds. The molecule has 2 aromatic rings. The molecule has 126 valence electrons. The summed E-state index contributed by atoms with van der Waals surface area (Å²) in [5, 5.41) is 14.1. The van der Waals surface area contributed by atoms with E-state index in [-0.39, 0.29) is 21.9 Å². The van der Waals surface area contributed by atoms with Crippen LogP contribution < -0.4 is 10.0 Å². The van der Waals surface area contributed by atoms with Crippen molar-refractivity contribution < 1.29 is 17.7 Å². The van der Waals surface area contributed by atoms with Crippen LogP contribution in [0.15, 0.2) is 4.52 Å². The third kappa shape index (κ3) is 5.48. The van der Waals surface area contributed by atoms with Gasteiger partial charge in [0, 0.05) is 11.3 Å². The Hall–Kier alpha value is -1.66. The standard InChI is InChI=1S/C11H15N5O4S3/c1-6-8(7(2)20-15-6)4-21-5-9(17)12-10-13-14-11(22-10)16-23(3,18)19/h4-5H2,1-3H3,(H,14,16)(H,12,13,17). The largest absolute Gasteiger partial charge is 0.361 e. The fourth-order valence-corrected chi connectivity index (χ4v) is 4.05. The maximum absolute atomic E-state index is 11.8. The van der Waals surface area contributed by atoms with Gasteiger partial charge in [-0.25, -0.2) is 8.42 Å². The first-order chi connectivity index (χ1) is 10.7. The molecule has 12 heteroatoms. The first-order valence-electron chi connectivity index (χ1n) is 6.35. The number of rotatable bonds is 7. The Morgan fingerprint density at radius 1 is 1.30 bits per heavy atom. The van der Waals surface area contributed by atoms with Crippen molar-refractivity contribution in [3.05, 3.63) is 17.0 Å². The quantitative estimate of drug-likeness (QED) is 0.741. The summed E-state index contributed by atoms with van der Waals surface area (Å²) in [6.07, 6.45) is 1.01. The molecule has 0 aromatic carbocycles. The summed E-state index contributed by atoms with van der Waals surface area (Å²) in [4.78, 5) is 11.8. The molecule has 0 saturated carbocycles. The second-order valence-corrected chi connectivity index (χ2v) is 8.34. The number of hydrogen-bond acceptors (Lipinski definition) is 9. The Bertz CT molecular complexity index is 779. The molecule has 0 spiro atoms. The smallest absolute Gasteiger partial charge is 0.236 e. The zero-order chi connectivity index (χ0) is 17.0. The van der Waals surface area contributed by atoms with Gasteiger partial charge in [-0.2, -0.15) is 0 Å². The van der Waals surface area contributed by atoms with E-state index >= 15 is 0 Å². The number of sulfonamides is 1. The van der Waals surface area contributed by atoms with Crippen molar-refractivity contribution in [3.8, 4) is 0 Å². The highest BCUT2D eigenvalue weighted by Crippen LogP contribution is 2.22. The molecule has 2 heterocycles. The van der Waals surface area contributed by atoms with Gasteiger partial charge in [0.1, 0.15) is 5.76 Å². The van der Waals surface area contributed by atoms with E-state index in [9.17, 15) is 13.2 Å². The summed E-state index contributed by atoms with van der Waals surface area (Å²) in [5.41, 5.74) is 1.80. The fraction of sp³-hybridized carbons (Fsp3) is 0.455. The van der Waals surface area contributed by atoms with Crippen LogP contribution in [-0.4, -0.2) is 41.7 Å². The number of nitrogens with zero attached hydrogens (tertiary/aromatic N) is 3. The van der Waals surface area contributed by atoms with Crippen LogP contribution in [0.4, 0.5) is 10.3 Å². The van der Waals surface area contributed by atoms with Crippen LogP contribution in [-0.2, 0) is 20.6 Å². The van der Waals surface area contributed by atoms with Crippen LogP contribution in [0.25, 0.3) is 0 Å². The highest BCUT2D eigenvalue weighted by atomic mass is 32.2. The molecule has 2 N–H and O–H groups in total. The van der Waals surface area contributed by atoms with Crippen molar-refractivity contribution in [3.63, 3.8) is 0 Å². The molecule has 0 aliphatic rings. The summed E-state index contributed by atoms with van der Waals surface area (Å²) >= 11 is 2.36. The SMILES string of the molecule is Cc1noc(C)c1CSCC(=O)Nc1nnc(NS(C)(=O)=O)s1. The molecule has 0 aliphatic heterocycles. The van der Waals surface area contributed by atoms with E-state index < -0.39 is 10.0 Å². The van der Waals surface area contributed by atoms with Crippen LogP contribution in [0.3, 0.4) is 0 Å². The molecule has 0 fully saturated rings. The number of nitrogens with one attached hydrogen (secondary N) is 2. The van der Waals surface area contributed by atoms with E-state index in [1.807, 2.05) is 13.8 Å². The Balaban J connectivity index is 1.81. The van der Waals surface area contributed by atoms with Gasteiger partial charge in [0.05, 0.1) is 17.7 Å². The number of aryl methyl sites for hydroxylation is 2. The predicted octanol–water partition coefficient (Wildman–Crippen LogP) is 1.39. The number of hydrogen-bond donors (Lipinski definition) is 2. The van der Waals surface area contributed by atoms with Gasteiger partial charge in [-0.1, -0.05) is 16.5 Å². The lowest BCUT2D eigenvalue weighted by atomic mass is 10.2. The molecule has 23 heavy (non-hydrogen) atoms. The zero-order valence-corrected chi connectivity index (χ0v) is 15.1. The van der Waals surface area contributed by atoms with Gasteiger partial charge in [-0.15, -0.1) is 22.0 Å². The first-order valence-corrected chi connectivity index (χ1v) is 10.2. The van der Waals surface area contributed by atoms with Gasteiger partial charge < -0.3 is 4.52 Å². The fourth-order valence-electron chi connectivity index (χ4n) is 1.58. The molecule has 0 saturated heterocycles. The molecule has 2 aromatic heterocycles. The molecule has 0 atom stereocenters. The number of anilines is 2. The summed E-state index contributed by atoms with van der Waals surface area (Å²) < 4.78 is 29.4. The number of aromatic nitrogens is 3. The van der Waals surface area contributed by atoms with Crippen LogP contribution in [0.5, 0.6) is 0 Å². The molecule has 0 unspecified atom stereocenters. The third-order valence-electron chi connectivity index (χ3n) is 2.60. The molecule has 2 rings (SSSR count). The Morgan fingerprint density at radius 2 is 2.00 bits per heavy atom. The van der Waals surface area contributed by atoms with Gasteiger partial charge in [-0.05, 0) is 13.8 Å². The minimum Gasteiger partial charge on any atom is -0.361 e. The number of carbonyl (C=O) groups excluding carboxylic acids is 1. The molecular weight excluding hydrogens is 362 g/mol. The lowest BCUT2D eigenvalue weighted by Crippen LogP contribution is -2.14. The molecule has 0 bridgehead atoms. The van der Waals surface area contributed by atoms with Crippen molar-refractivity contribution in [1.29, 1.82) is 0 Å². The number of thioether (sulfide) groups is 1. The Labute approximate surface area is 141 Å². The normalized spacial score (nSPS) is 11.4. The minimum absolute atomic E-state index is 0.103. The highest BCUT2D eigenvalue weighted by molar-refractivity contribution is 7.99. The van der Waals surface area contributed by atoms with Gasteiger partial charge in [0.25, 0.3) is 0 Å². The molecule has 0 aliphatic carbocycles. The summed E-state index contributed by atoms with van der Waals surface area (Å²) in [6, 6.07) is 0. The van der Waals surface area contributed by atoms with Crippen molar-refractivity contribution in [2.75, 3.05) is 22.0 Å².